The van der Waals surface area contributed by atoms with Gasteiger partial charge < -0.3 is 19.4 Å². The van der Waals surface area contributed by atoms with Crippen LogP contribution >= 0.6 is 0 Å². The van der Waals surface area contributed by atoms with E-state index in [2.05, 4.69) is 19.8 Å². The number of rotatable bonds is 5. The predicted molar refractivity (Wildman–Crippen MR) is 124 cm³/mol. The van der Waals surface area contributed by atoms with Gasteiger partial charge in [-0.05, 0) is 11.6 Å². The van der Waals surface area contributed by atoms with Crippen molar-refractivity contribution in [1.82, 2.24) is 29.4 Å². The highest BCUT2D eigenvalue weighted by Crippen LogP contribution is 2.19. The molecule has 2 fully saturated rings. The summed E-state index contributed by atoms with van der Waals surface area (Å²) in [4.78, 5) is 36.9. The number of hydrogen-bond acceptors (Lipinski definition) is 8. The number of anilines is 2. The minimum atomic E-state index is 0.0160. The van der Waals surface area contributed by atoms with Crippen molar-refractivity contribution >= 4 is 23.9 Å². The summed E-state index contributed by atoms with van der Waals surface area (Å²) in [5.41, 5.74) is 1.01. The SMILES string of the molecule is O=C(C=Cc1ccccc1)N1CCN(c2nc(N3CCOCC3)nc(-n3ccnc3)n2)CC1. The number of piperazine rings is 1. The Labute approximate surface area is 192 Å². The lowest BCUT2D eigenvalue weighted by Gasteiger charge is -2.35. The molecule has 33 heavy (non-hydrogen) atoms. The van der Waals surface area contributed by atoms with Crippen molar-refractivity contribution in [2.24, 2.45) is 0 Å². The van der Waals surface area contributed by atoms with Gasteiger partial charge in [-0.3, -0.25) is 9.36 Å². The highest BCUT2D eigenvalue weighted by Gasteiger charge is 2.24. The topological polar surface area (TPSA) is 92.5 Å². The maximum Gasteiger partial charge on any atom is 0.246 e. The largest absolute Gasteiger partial charge is 0.378 e. The van der Waals surface area contributed by atoms with E-state index in [9.17, 15) is 4.79 Å². The molecule has 0 unspecified atom stereocenters. The van der Waals surface area contributed by atoms with Crippen LogP contribution in [-0.4, -0.2) is 87.8 Å². The molecular formula is C23H26N8O2. The minimum Gasteiger partial charge on any atom is -0.378 e. The zero-order valence-corrected chi connectivity index (χ0v) is 18.3. The van der Waals surface area contributed by atoms with E-state index in [1.54, 1.807) is 23.2 Å². The Morgan fingerprint density at radius 1 is 0.848 bits per heavy atom. The summed E-state index contributed by atoms with van der Waals surface area (Å²) < 4.78 is 7.25. The lowest BCUT2D eigenvalue weighted by Crippen LogP contribution is -2.49. The molecule has 5 rings (SSSR count). The number of amides is 1. The number of morpholine rings is 1. The number of hydrogen-bond donors (Lipinski definition) is 0. The van der Waals surface area contributed by atoms with Gasteiger partial charge in [-0.2, -0.15) is 15.0 Å². The average molecular weight is 447 g/mol. The van der Waals surface area contributed by atoms with Gasteiger partial charge in [0.05, 0.1) is 13.2 Å². The molecule has 0 bridgehead atoms. The first-order valence-corrected chi connectivity index (χ1v) is 11.1. The molecule has 4 heterocycles. The van der Waals surface area contributed by atoms with Gasteiger partial charge in [0.25, 0.3) is 0 Å². The van der Waals surface area contributed by atoms with Gasteiger partial charge in [0.15, 0.2) is 0 Å². The van der Waals surface area contributed by atoms with Crippen molar-refractivity contribution in [2.45, 2.75) is 0 Å². The number of nitrogens with zero attached hydrogens (tertiary/aromatic N) is 8. The van der Waals surface area contributed by atoms with Gasteiger partial charge >= 0.3 is 0 Å². The summed E-state index contributed by atoms with van der Waals surface area (Å²) in [7, 11) is 0. The third-order valence-corrected chi connectivity index (χ3v) is 5.72. The van der Waals surface area contributed by atoms with Gasteiger partial charge in [0.1, 0.15) is 6.33 Å². The van der Waals surface area contributed by atoms with Crippen molar-refractivity contribution in [3.63, 3.8) is 0 Å². The number of carbonyl (C=O) groups excluding carboxylic acids is 1. The maximum absolute atomic E-state index is 12.6. The van der Waals surface area contributed by atoms with E-state index in [1.165, 1.54) is 0 Å². The Kier molecular flexibility index (Phi) is 6.25. The van der Waals surface area contributed by atoms with Gasteiger partial charge in [-0.15, -0.1) is 0 Å². The molecule has 0 saturated carbocycles. The highest BCUT2D eigenvalue weighted by molar-refractivity contribution is 5.91. The first kappa shape index (κ1) is 21.1. The Hall–Kier alpha value is -3.79. The van der Waals surface area contributed by atoms with E-state index >= 15 is 0 Å². The van der Waals surface area contributed by atoms with Crippen LogP contribution < -0.4 is 9.80 Å². The fourth-order valence-corrected chi connectivity index (χ4v) is 3.85. The molecule has 3 aromatic rings. The molecule has 1 amide bonds. The number of ether oxygens (including phenoxy) is 1. The van der Waals surface area contributed by atoms with E-state index in [-0.39, 0.29) is 5.91 Å². The molecule has 0 atom stereocenters. The van der Waals surface area contributed by atoms with Crippen LogP contribution in [0.1, 0.15) is 5.56 Å². The normalized spacial score (nSPS) is 17.0. The summed E-state index contributed by atoms with van der Waals surface area (Å²) in [6, 6.07) is 9.84. The number of carbonyl (C=O) groups is 1. The molecule has 0 N–H and O–H groups in total. The second-order valence-electron chi connectivity index (χ2n) is 7.86. The average Bonchev–Trinajstić information content (AvgIpc) is 3.44. The molecule has 2 aromatic heterocycles. The molecular weight excluding hydrogens is 420 g/mol. The Balaban J connectivity index is 1.30. The zero-order valence-electron chi connectivity index (χ0n) is 18.3. The Morgan fingerprint density at radius 2 is 1.52 bits per heavy atom. The molecule has 0 spiro atoms. The third kappa shape index (κ3) is 5.01. The molecule has 2 aliphatic rings. The van der Waals surface area contributed by atoms with E-state index in [4.69, 9.17) is 14.7 Å². The maximum atomic E-state index is 12.6. The summed E-state index contributed by atoms with van der Waals surface area (Å²) in [6.07, 6.45) is 8.69. The number of benzene rings is 1. The molecule has 0 aliphatic carbocycles. The lowest BCUT2D eigenvalue weighted by molar-refractivity contribution is -0.126. The fraction of sp³-hybridized carbons (Fsp3) is 0.348. The number of imidazole rings is 1. The van der Waals surface area contributed by atoms with Gasteiger partial charge in [-0.25, -0.2) is 4.98 Å². The highest BCUT2D eigenvalue weighted by atomic mass is 16.5. The molecule has 1 aromatic carbocycles. The van der Waals surface area contributed by atoms with Crippen LogP contribution in [0.4, 0.5) is 11.9 Å². The van der Waals surface area contributed by atoms with Crippen molar-refractivity contribution in [3.8, 4) is 5.95 Å². The second-order valence-corrected chi connectivity index (χ2v) is 7.86. The van der Waals surface area contributed by atoms with Crippen molar-refractivity contribution in [1.29, 1.82) is 0 Å². The second kappa shape index (κ2) is 9.78. The summed E-state index contributed by atoms with van der Waals surface area (Å²) in [6.45, 7) is 5.30. The summed E-state index contributed by atoms with van der Waals surface area (Å²) in [5.74, 6) is 1.80. The van der Waals surface area contributed by atoms with Crippen LogP contribution in [0.2, 0.25) is 0 Å². The zero-order chi connectivity index (χ0) is 22.5. The van der Waals surface area contributed by atoms with Gasteiger partial charge in [0, 0.05) is 57.7 Å². The molecule has 10 heteroatoms. The van der Waals surface area contributed by atoms with Crippen molar-refractivity contribution in [3.05, 3.63) is 60.7 Å². The van der Waals surface area contributed by atoms with E-state index in [0.717, 1.165) is 18.7 Å². The molecule has 2 saturated heterocycles. The molecule has 0 radical (unpaired) electrons. The fourth-order valence-electron chi connectivity index (χ4n) is 3.85. The smallest absolute Gasteiger partial charge is 0.246 e. The Bertz CT molecular complexity index is 1090. The first-order chi connectivity index (χ1) is 16.3. The Morgan fingerprint density at radius 3 is 2.18 bits per heavy atom. The van der Waals surface area contributed by atoms with Gasteiger partial charge in [0.2, 0.25) is 23.8 Å². The molecule has 10 nitrogen and oxygen atoms in total. The van der Waals surface area contributed by atoms with Crippen LogP contribution in [0.15, 0.2) is 55.1 Å². The van der Waals surface area contributed by atoms with E-state index in [0.29, 0.717) is 57.2 Å². The molecule has 2 aliphatic heterocycles. The molecule has 170 valence electrons. The van der Waals surface area contributed by atoms with Crippen LogP contribution in [0.5, 0.6) is 0 Å². The van der Waals surface area contributed by atoms with Crippen LogP contribution in [-0.2, 0) is 9.53 Å². The van der Waals surface area contributed by atoms with Gasteiger partial charge in [-0.1, -0.05) is 30.3 Å². The predicted octanol–water partition coefficient (Wildman–Crippen LogP) is 1.26. The van der Waals surface area contributed by atoms with E-state index < -0.39 is 0 Å². The quantitative estimate of drug-likeness (QED) is 0.541. The van der Waals surface area contributed by atoms with E-state index in [1.807, 2.05) is 47.5 Å². The monoisotopic (exact) mass is 446 g/mol. The third-order valence-electron chi connectivity index (χ3n) is 5.72. The van der Waals surface area contributed by atoms with Crippen LogP contribution in [0, 0.1) is 0 Å². The number of aromatic nitrogens is 5. The lowest BCUT2D eigenvalue weighted by atomic mass is 10.2. The van der Waals surface area contributed by atoms with Crippen LogP contribution in [0.3, 0.4) is 0 Å². The van der Waals surface area contributed by atoms with Crippen LogP contribution in [0.25, 0.3) is 12.0 Å². The standard InChI is InChI=1S/C23H26N8O2/c32-20(7-6-19-4-2-1-3-5-19)28-10-12-29(13-11-28)21-25-22(30-14-16-33-17-15-30)27-23(26-21)31-9-8-24-18-31/h1-9,18H,10-17H2. The van der Waals surface area contributed by atoms with Crippen molar-refractivity contribution in [2.75, 3.05) is 62.3 Å². The first-order valence-electron chi connectivity index (χ1n) is 11.1. The minimum absolute atomic E-state index is 0.0160. The summed E-state index contributed by atoms with van der Waals surface area (Å²) in [5, 5.41) is 0. The van der Waals surface area contributed by atoms with Crippen molar-refractivity contribution < 1.29 is 9.53 Å². The summed E-state index contributed by atoms with van der Waals surface area (Å²) >= 11 is 0.